The van der Waals surface area contributed by atoms with E-state index in [1.54, 1.807) is 12.1 Å². The van der Waals surface area contributed by atoms with Crippen LogP contribution < -0.4 is 15.1 Å². The lowest BCUT2D eigenvalue weighted by atomic mass is 10.1. The number of carboxylic acids is 1. The molecule has 10 heteroatoms. The molecule has 0 atom stereocenters. The van der Waals surface area contributed by atoms with Crippen LogP contribution in [0.3, 0.4) is 0 Å². The molecule has 6 nitrogen and oxygen atoms in total. The maximum absolute atomic E-state index is 13.9. The number of anilines is 3. The number of benzene rings is 3. The molecule has 0 aliphatic carbocycles. The van der Waals surface area contributed by atoms with Gasteiger partial charge in [-0.2, -0.15) is 13.2 Å². The van der Waals surface area contributed by atoms with E-state index in [0.717, 1.165) is 18.2 Å². The molecule has 0 spiro atoms. The second-order valence-electron chi connectivity index (χ2n) is 7.99. The molecule has 182 valence electrons. The number of rotatable bonds is 5. The van der Waals surface area contributed by atoms with E-state index in [2.05, 4.69) is 5.32 Å². The number of nitrogens with zero attached hydrogens (tertiary/aromatic N) is 2. The number of aromatic carboxylic acids is 1. The quantitative estimate of drug-likeness (QED) is 0.489. The molecular weight excluding hydrogens is 466 g/mol. The van der Waals surface area contributed by atoms with Crippen molar-refractivity contribution < 1.29 is 32.3 Å². The Morgan fingerprint density at radius 2 is 1.51 bits per heavy atom. The van der Waals surface area contributed by atoms with Crippen LogP contribution in [0.4, 0.5) is 34.6 Å². The van der Waals surface area contributed by atoms with Crippen LogP contribution in [0.15, 0.2) is 66.7 Å². The summed E-state index contributed by atoms with van der Waals surface area (Å²) < 4.78 is 53.0. The molecule has 1 amide bonds. The van der Waals surface area contributed by atoms with Gasteiger partial charge in [-0.15, -0.1) is 0 Å². The minimum Gasteiger partial charge on any atom is -0.478 e. The Bertz CT molecular complexity index is 1250. The van der Waals surface area contributed by atoms with Gasteiger partial charge < -0.3 is 20.2 Å². The Balaban J connectivity index is 1.48. The van der Waals surface area contributed by atoms with Crippen LogP contribution in [0.2, 0.25) is 0 Å². The first-order valence-electron chi connectivity index (χ1n) is 10.7. The fourth-order valence-corrected chi connectivity index (χ4v) is 3.99. The van der Waals surface area contributed by atoms with Crippen molar-refractivity contribution in [3.63, 3.8) is 0 Å². The monoisotopic (exact) mass is 487 g/mol. The fraction of sp³-hybridized carbons (Fsp3) is 0.200. The van der Waals surface area contributed by atoms with Crippen molar-refractivity contribution in [2.45, 2.75) is 6.18 Å². The third kappa shape index (κ3) is 5.37. The van der Waals surface area contributed by atoms with E-state index in [4.69, 9.17) is 0 Å². The number of carboxylic acid groups (broad SMARTS) is 1. The second kappa shape index (κ2) is 9.65. The summed E-state index contributed by atoms with van der Waals surface area (Å²) in [5, 5.41) is 12.2. The minimum absolute atomic E-state index is 0.0520. The van der Waals surface area contributed by atoms with Gasteiger partial charge in [-0.3, -0.25) is 4.79 Å². The molecule has 0 saturated carbocycles. The average Bonchev–Trinajstić information content (AvgIpc) is 2.84. The van der Waals surface area contributed by atoms with E-state index in [1.807, 2.05) is 9.80 Å². The summed E-state index contributed by atoms with van der Waals surface area (Å²) in [4.78, 5) is 27.9. The largest absolute Gasteiger partial charge is 0.478 e. The Morgan fingerprint density at radius 1 is 0.829 bits per heavy atom. The van der Waals surface area contributed by atoms with Gasteiger partial charge in [0.05, 0.1) is 22.4 Å². The SMILES string of the molecule is O=C(Nc1ccc(N2CCN(c3cccc(C(F)(F)F)c3)CC2)c(C(=O)O)c1)c1ccccc1F. The fourth-order valence-electron chi connectivity index (χ4n) is 3.99. The highest BCUT2D eigenvalue weighted by molar-refractivity contribution is 6.05. The van der Waals surface area contributed by atoms with Crippen molar-refractivity contribution in [3.8, 4) is 0 Å². The molecule has 2 N–H and O–H groups in total. The summed E-state index contributed by atoms with van der Waals surface area (Å²) in [5.74, 6) is -2.61. The van der Waals surface area contributed by atoms with Gasteiger partial charge in [-0.1, -0.05) is 18.2 Å². The number of amides is 1. The predicted octanol–water partition coefficient (Wildman–Crippen LogP) is 5.12. The third-order valence-corrected chi connectivity index (χ3v) is 5.76. The van der Waals surface area contributed by atoms with E-state index in [1.165, 1.54) is 36.4 Å². The zero-order valence-corrected chi connectivity index (χ0v) is 18.3. The molecule has 0 radical (unpaired) electrons. The van der Waals surface area contributed by atoms with Gasteiger partial charge in [0.15, 0.2) is 0 Å². The molecule has 0 unspecified atom stereocenters. The third-order valence-electron chi connectivity index (χ3n) is 5.76. The van der Waals surface area contributed by atoms with Crippen molar-refractivity contribution in [3.05, 3.63) is 89.2 Å². The molecule has 1 aliphatic heterocycles. The average molecular weight is 487 g/mol. The summed E-state index contributed by atoms with van der Waals surface area (Å²) >= 11 is 0. The van der Waals surface area contributed by atoms with Gasteiger partial charge in [-0.25, -0.2) is 9.18 Å². The van der Waals surface area contributed by atoms with Crippen molar-refractivity contribution in [2.75, 3.05) is 41.3 Å². The normalized spacial score (nSPS) is 14.1. The number of hydrogen-bond donors (Lipinski definition) is 2. The number of hydrogen-bond acceptors (Lipinski definition) is 4. The number of carbonyl (C=O) groups excluding carboxylic acids is 1. The van der Waals surface area contributed by atoms with E-state index < -0.39 is 29.4 Å². The first kappa shape index (κ1) is 24.1. The standard InChI is InChI=1S/C25H21F4N3O3/c26-21-7-2-1-6-19(21)23(33)30-17-8-9-22(20(15-17)24(34)35)32-12-10-31(11-13-32)18-5-3-4-16(14-18)25(27,28)29/h1-9,14-15H,10-13H2,(H,30,33)(H,34,35). The highest BCUT2D eigenvalue weighted by Crippen LogP contribution is 2.32. The van der Waals surface area contributed by atoms with Gasteiger partial charge in [0.2, 0.25) is 0 Å². The molecule has 0 aromatic heterocycles. The lowest BCUT2D eigenvalue weighted by molar-refractivity contribution is -0.137. The molecule has 0 bridgehead atoms. The highest BCUT2D eigenvalue weighted by atomic mass is 19.4. The molecule has 3 aromatic carbocycles. The van der Waals surface area contributed by atoms with Gasteiger partial charge in [0, 0.05) is 37.6 Å². The summed E-state index contributed by atoms with van der Waals surface area (Å²) in [7, 11) is 0. The smallest absolute Gasteiger partial charge is 0.416 e. The summed E-state index contributed by atoms with van der Waals surface area (Å²) in [6.45, 7) is 1.56. The van der Waals surface area contributed by atoms with E-state index >= 15 is 0 Å². The van der Waals surface area contributed by atoms with Crippen molar-refractivity contribution in [1.29, 1.82) is 0 Å². The van der Waals surface area contributed by atoms with Crippen LogP contribution in [-0.4, -0.2) is 43.2 Å². The number of alkyl halides is 3. The second-order valence-corrected chi connectivity index (χ2v) is 7.99. The van der Waals surface area contributed by atoms with Crippen molar-refractivity contribution >= 4 is 28.9 Å². The van der Waals surface area contributed by atoms with Crippen LogP contribution in [0.25, 0.3) is 0 Å². The Morgan fingerprint density at radius 3 is 2.17 bits per heavy atom. The molecule has 1 aliphatic rings. The number of halogens is 4. The van der Waals surface area contributed by atoms with Crippen LogP contribution in [0.5, 0.6) is 0 Å². The van der Waals surface area contributed by atoms with Gasteiger partial charge in [-0.05, 0) is 48.5 Å². The van der Waals surface area contributed by atoms with Crippen LogP contribution in [-0.2, 0) is 6.18 Å². The van der Waals surface area contributed by atoms with Crippen LogP contribution in [0.1, 0.15) is 26.3 Å². The van der Waals surface area contributed by atoms with Crippen molar-refractivity contribution in [1.82, 2.24) is 0 Å². The molecule has 1 saturated heterocycles. The highest BCUT2D eigenvalue weighted by Gasteiger charge is 2.31. The molecule has 1 fully saturated rings. The minimum atomic E-state index is -4.43. The Hall–Kier alpha value is -4.08. The summed E-state index contributed by atoms with van der Waals surface area (Å²) in [6, 6.07) is 14.9. The molecular formula is C25H21F4N3O3. The first-order chi connectivity index (χ1) is 16.6. The zero-order chi connectivity index (χ0) is 25.2. The number of carbonyl (C=O) groups is 2. The Labute approximate surface area is 198 Å². The Kier molecular flexibility index (Phi) is 6.63. The number of piperazine rings is 1. The summed E-state index contributed by atoms with van der Waals surface area (Å²) in [6.07, 6.45) is -4.43. The van der Waals surface area contributed by atoms with E-state index in [-0.39, 0.29) is 16.8 Å². The first-order valence-corrected chi connectivity index (χ1v) is 10.7. The van der Waals surface area contributed by atoms with Gasteiger partial charge in [0.25, 0.3) is 5.91 Å². The van der Waals surface area contributed by atoms with Crippen molar-refractivity contribution in [2.24, 2.45) is 0 Å². The van der Waals surface area contributed by atoms with E-state index in [0.29, 0.717) is 37.6 Å². The lowest BCUT2D eigenvalue weighted by Gasteiger charge is -2.38. The van der Waals surface area contributed by atoms with Crippen LogP contribution >= 0.6 is 0 Å². The summed E-state index contributed by atoms with van der Waals surface area (Å²) in [5.41, 5.74) is 0.123. The lowest BCUT2D eigenvalue weighted by Crippen LogP contribution is -2.47. The molecule has 1 heterocycles. The number of nitrogens with one attached hydrogen (secondary N) is 1. The molecule has 3 aromatic rings. The predicted molar refractivity (Wildman–Crippen MR) is 124 cm³/mol. The van der Waals surface area contributed by atoms with Gasteiger partial charge >= 0.3 is 12.1 Å². The molecule has 35 heavy (non-hydrogen) atoms. The topological polar surface area (TPSA) is 72.9 Å². The zero-order valence-electron chi connectivity index (χ0n) is 18.3. The maximum atomic E-state index is 13.9. The van der Waals surface area contributed by atoms with E-state index in [9.17, 15) is 32.3 Å². The van der Waals surface area contributed by atoms with Crippen LogP contribution in [0, 0.1) is 5.82 Å². The molecule has 4 rings (SSSR count). The van der Waals surface area contributed by atoms with Gasteiger partial charge in [0.1, 0.15) is 5.82 Å². The maximum Gasteiger partial charge on any atom is 0.416 e.